The minimum absolute atomic E-state index is 0.713. The third-order valence-corrected chi connectivity index (χ3v) is 4.88. The molecule has 0 heterocycles. The molecule has 0 bridgehead atoms. The first-order valence-electron chi connectivity index (χ1n) is 10.7. The van der Waals surface area contributed by atoms with Crippen molar-refractivity contribution in [2.24, 2.45) is 4.99 Å². The van der Waals surface area contributed by atoms with E-state index < -0.39 is 0 Å². The van der Waals surface area contributed by atoms with Crippen molar-refractivity contribution >= 4 is 28.9 Å². The van der Waals surface area contributed by atoms with Crippen LogP contribution < -0.4 is 5.32 Å². The van der Waals surface area contributed by atoms with Crippen LogP contribution in [-0.2, 0) is 0 Å². The van der Waals surface area contributed by atoms with E-state index >= 15 is 0 Å². The van der Waals surface area contributed by atoms with Crippen LogP contribution in [0.15, 0.2) is 83.9 Å². The third kappa shape index (κ3) is 6.91. The van der Waals surface area contributed by atoms with Gasteiger partial charge in [-0.25, -0.2) is 4.99 Å². The fourth-order valence-corrected chi connectivity index (χ4v) is 3.28. The average Bonchev–Trinajstić information content (AvgIpc) is 2.80. The highest BCUT2D eigenvalue weighted by Crippen LogP contribution is 2.21. The van der Waals surface area contributed by atoms with Gasteiger partial charge in [0.15, 0.2) is 0 Å². The molecule has 4 heteroatoms. The molecule has 0 aliphatic rings. The zero-order chi connectivity index (χ0) is 21.9. The second kappa shape index (κ2) is 11.8. The average molecular weight is 430 g/mol. The first kappa shape index (κ1) is 22.5. The van der Waals surface area contributed by atoms with Crippen molar-refractivity contribution in [3.8, 4) is 11.8 Å². The van der Waals surface area contributed by atoms with Crippen molar-refractivity contribution < 1.29 is 0 Å². The van der Waals surface area contributed by atoms with Crippen molar-refractivity contribution in [1.29, 1.82) is 0 Å². The second-order valence-corrected chi connectivity index (χ2v) is 7.62. The van der Waals surface area contributed by atoms with Crippen molar-refractivity contribution in [3.63, 3.8) is 0 Å². The summed E-state index contributed by atoms with van der Waals surface area (Å²) in [6.07, 6.45) is 2.08. The minimum atomic E-state index is 0.713. The van der Waals surface area contributed by atoms with Crippen molar-refractivity contribution in [1.82, 2.24) is 4.90 Å². The number of nitrogens with one attached hydrogen (secondary N) is 1. The number of hydrogen-bond acceptors (Lipinski definition) is 1. The van der Waals surface area contributed by atoms with Crippen LogP contribution in [0, 0.1) is 11.8 Å². The second-order valence-electron chi connectivity index (χ2n) is 7.19. The Hall–Kier alpha value is -3.22. The monoisotopic (exact) mass is 429 g/mol. The molecule has 3 aromatic rings. The number of hydrogen-bond donors (Lipinski definition) is 1. The van der Waals surface area contributed by atoms with Crippen molar-refractivity contribution in [2.45, 2.75) is 26.7 Å². The fourth-order valence-electron chi connectivity index (χ4n) is 3.16. The van der Waals surface area contributed by atoms with Gasteiger partial charge in [-0.05, 0) is 61.4 Å². The molecule has 31 heavy (non-hydrogen) atoms. The van der Waals surface area contributed by atoms with Crippen LogP contribution in [0.5, 0.6) is 0 Å². The Labute approximate surface area is 190 Å². The van der Waals surface area contributed by atoms with E-state index in [0.717, 1.165) is 54.4 Å². The molecule has 3 aromatic carbocycles. The molecule has 0 radical (unpaired) electrons. The molecule has 0 unspecified atom stereocenters. The molecule has 0 saturated carbocycles. The third-order valence-electron chi connectivity index (χ3n) is 4.63. The van der Waals surface area contributed by atoms with Gasteiger partial charge >= 0.3 is 0 Å². The molecule has 0 amide bonds. The van der Waals surface area contributed by atoms with E-state index in [-0.39, 0.29) is 0 Å². The highest BCUT2D eigenvalue weighted by molar-refractivity contribution is 6.30. The highest BCUT2D eigenvalue weighted by atomic mass is 35.5. The van der Waals surface area contributed by atoms with Gasteiger partial charge in [0.05, 0.1) is 11.3 Å². The van der Waals surface area contributed by atoms with Gasteiger partial charge in [-0.2, -0.15) is 0 Å². The van der Waals surface area contributed by atoms with Crippen LogP contribution >= 0.6 is 11.6 Å². The quantitative estimate of drug-likeness (QED) is 0.260. The molecule has 0 fully saturated rings. The van der Waals surface area contributed by atoms with Crippen LogP contribution in [0.4, 0.5) is 11.4 Å². The van der Waals surface area contributed by atoms with Gasteiger partial charge in [-0.3, -0.25) is 0 Å². The maximum absolute atomic E-state index is 6.06. The van der Waals surface area contributed by atoms with E-state index in [1.54, 1.807) is 0 Å². The summed E-state index contributed by atoms with van der Waals surface area (Å²) >= 11 is 6.06. The lowest BCUT2D eigenvalue weighted by Crippen LogP contribution is -2.37. The Bertz CT molecular complexity index is 1040. The molecule has 0 spiro atoms. The van der Waals surface area contributed by atoms with Gasteiger partial charge in [-0.15, -0.1) is 0 Å². The first-order valence-corrected chi connectivity index (χ1v) is 11.1. The lowest BCUT2D eigenvalue weighted by molar-refractivity contribution is 0.416. The summed E-state index contributed by atoms with van der Waals surface area (Å²) in [7, 11) is 0. The summed E-state index contributed by atoms with van der Waals surface area (Å²) in [4.78, 5) is 7.31. The smallest absolute Gasteiger partial charge is 0.203 e. The highest BCUT2D eigenvalue weighted by Gasteiger charge is 2.12. The summed E-state index contributed by atoms with van der Waals surface area (Å²) in [5, 5.41) is 4.21. The van der Waals surface area contributed by atoms with Gasteiger partial charge in [0.2, 0.25) is 5.96 Å². The maximum atomic E-state index is 6.06. The number of aliphatic imine (C=N–C) groups is 1. The lowest BCUT2D eigenvalue weighted by Gasteiger charge is -2.26. The number of rotatable bonds is 6. The predicted octanol–water partition coefficient (Wildman–Crippen LogP) is 6.96. The Balaban J connectivity index is 1.99. The summed E-state index contributed by atoms with van der Waals surface area (Å²) in [6.45, 7) is 6.21. The van der Waals surface area contributed by atoms with E-state index in [1.165, 1.54) is 0 Å². The first-order chi connectivity index (χ1) is 15.2. The molecule has 3 rings (SSSR count). The van der Waals surface area contributed by atoms with Crippen LogP contribution in [0.25, 0.3) is 0 Å². The van der Waals surface area contributed by atoms with Gasteiger partial charge in [0.25, 0.3) is 0 Å². The fraction of sp³-hybridized carbons (Fsp3) is 0.222. The van der Waals surface area contributed by atoms with Crippen molar-refractivity contribution in [2.75, 3.05) is 18.4 Å². The number of nitrogens with zero attached hydrogens (tertiary/aromatic N) is 2. The van der Waals surface area contributed by atoms with Crippen LogP contribution in [0.1, 0.15) is 37.8 Å². The van der Waals surface area contributed by atoms with Crippen LogP contribution in [-0.4, -0.2) is 23.9 Å². The molecule has 0 atom stereocenters. The summed E-state index contributed by atoms with van der Waals surface area (Å²) < 4.78 is 0. The lowest BCUT2D eigenvalue weighted by atomic mass is 10.1. The standard InChI is InChI=1S/C27H28ClN3/c1-3-20-31(21-4-2)27(29-25-18-16-24(28)17-19-25)30-26-13-9-8-12-23(26)15-14-22-10-6-5-7-11-22/h5-13,16-19H,3-4,20-21H2,1-2H3,(H,29,30). The molecule has 3 nitrogen and oxygen atoms in total. The molecule has 0 saturated heterocycles. The number of halogens is 1. The Morgan fingerprint density at radius 3 is 2.16 bits per heavy atom. The molecule has 158 valence electrons. The Morgan fingerprint density at radius 2 is 1.48 bits per heavy atom. The van der Waals surface area contributed by atoms with Crippen molar-refractivity contribution in [3.05, 3.63) is 95.0 Å². The number of para-hydroxylation sites is 1. The van der Waals surface area contributed by atoms with E-state index in [4.69, 9.17) is 16.6 Å². The maximum Gasteiger partial charge on any atom is 0.203 e. The zero-order valence-electron chi connectivity index (χ0n) is 18.1. The molecule has 0 aromatic heterocycles. The predicted molar refractivity (Wildman–Crippen MR) is 133 cm³/mol. The van der Waals surface area contributed by atoms with E-state index in [0.29, 0.717) is 5.02 Å². The topological polar surface area (TPSA) is 27.6 Å². The van der Waals surface area contributed by atoms with Gasteiger partial charge < -0.3 is 10.2 Å². The molecule has 0 aliphatic heterocycles. The molecule has 1 N–H and O–H groups in total. The van der Waals surface area contributed by atoms with E-state index in [9.17, 15) is 0 Å². The summed E-state index contributed by atoms with van der Waals surface area (Å²) in [5.41, 5.74) is 3.68. The van der Waals surface area contributed by atoms with Crippen LogP contribution in [0.2, 0.25) is 5.02 Å². The Morgan fingerprint density at radius 1 is 0.839 bits per heavy atom. The largest absolute Gasteiger partial charge is 0.342 e. The number of anilines is 1. The molecule has 0 aliphatic carbocycles. The molecular formula is C27H28ClN3. The normalized spacial score (nSPS) is 10.9. The summed E-state index contributed by atoms with van der Waals surface area (Å²) in [6, 6.07) is 25.7. The van der Waals surface area contributed by atoms with Gasteiger partial charge in [0.1, 0.15) is 0 Å². The van der Waals surface area contributed by atoms with E-state index in [2.05, 4.69) is 35.9 Å². The SMILES string of the molecule is CCCN(CCC)C(=Nc1ccccc1C#Cc1ccccc1)Nc1ccc(Cl)cc1. The van der Waals surface area contributed by atoms with Crippen LogP contribution in [0.3, 0.4) is 0 Å². The number of guanidine groups is 1. The number of benzene rings is 3. The summed E-state index contributed by atoms with van der Waals surface area (Å²) in [5.74, 6) is 7.35. The van der Waals surface area contributed by atoms with Gasteiger partial charge in [0, 0.05) is 29.4 Å². The zero-order valence-corrected chi connectivity index (χ0v) is 18.9. The van der Waals surface area contributed by atoms with E-state index in [1.807, 2.05) is 78.9 Å². The minimum Gasteiger partial charge on any atom is -0.342 e. The Kier molecular flexibility index (Phi) is 8.58. The molecular weight excluding hydrogens is 402 g/mol. The van der Waals surface area contributed by atoms with Gasteiger partial charge in [-0.1, -0.05) is 67.6 Å².